The van der Waals surface area contributed by atoms with E-state index in [4.69, 9.17) is 4.42 Å². The highest BCUT2D eigenvalue weighted by molar-refractivity contribution is 6.15. The molecule has 2 aliphatic rings. The Bertz CT molecular complexity index is 1480. The van der Waals surface area contributed by atoms with E-state index in [2.05, 4.69) is 98.8 Å². The van der Waals surface area contributed by atoms with Crippen molar-refractivity contribution in [2.45, 2.75) is 26.7 Å². The van der Waals surface area contributed by atoms with Gasteiger partial charge in [-0.05, 0) is 46.9 Å². The monoisotopic (exact) mass is 424 g/mol. The minimum absolute atomic E-state index is 0.914. The van der Waals surface area contributed by atoms with Crippen molar-refractivity contribution in [1.82, 2.24) is 0 Å². The van der Waals surface area contributed by atoms with E-state index in [0.717, 1.165) is 35.5 Å². The molecule has 158 valence electrons. The fourth-order valence-electron chi connectivity index (χ4n) is 5.68. The normalized spacial score (nSPS) is 14.0. The molecule has 4 aromatic carbocycles. The highest BCUT2D eigenvalue weighted by atomic mass is 16.3. The van der Waals surface area contributed by atoms with Crippen LogP contribution >= 0.6 is 0 Å². The second-order valence-electron chi connectivity index (χ2n) is 9.47. The van der Waals surface area contributed by atoms with E-state index >= 15 is 0 Å². The number of benzene rings is 4. The van der Waals surface area contributed by atoms with Crippen molar-refractivity contribution in [3.8, 4) is 22.6 Å². The third-order valence-corrected chi connectivity index (χ3v) is 7.37. The van der Waals surface area contributed by atoms with E-state index in [-0.39, 0.29) is 0 Å². The van der Waals surface area contributed by atoms with Gasteiger partial charge in [0.25, 0.3) is 0 Å². The van der Waals surface area contributed by atoms with Gasteiger partial charge in [-0.15, -0.1) is 0 Å². The van der Waals surface area contributed by atoms with Crippen molar-refractivity contribution >= 4 is 21.9 Å². The molecule has 1 aromatic heterocycles. The maximum atomic E-state index is 6.72. The number of allylic oxidation sites excluding steroid dienone is 2. The van der Waals surface area contributed by atoms with Crippen LogP contribution < -0.4 is 0 Å². The zero-order valence-electron chi connectivity index (χ0n) is 18.9. The maximum Gasteiger partial charge on any atom is 0.138 e. The molecule has 0 unspecified atom stereocenters. The van der Waals surface area contributed by atoms with Crippen LogP contribution in [0.4, 0.5) is 0 Å². The van der Waals surface area contributed by atoms with Crippen LogP contribution in [0.5, 0.6) is 0 Å². The molecular weight excluding hydrogens is 400 g/mol. The number of aryl methyl sites for hydroxylation is 2. The lowest BCUT2D eigenvalue weighted by Gasteiger charge is -2.18. The van der Waals surface area contributed by atoms with E-state index < -0.39 is 0 Å². The molecule has 1 heteroatoms. The van der Waals surface area contributed by atoms with Gasteiger partial charge in [0.1, 0.15) is 11.5 Å². The van der Waals surface area contributed by atoms with Crippen molar-refractivity contribution in [3.05, 3.63) is 118 Å². The molecule has 2 aliphatic carbocycles. The summed E-state index contributed by atoms with van der Waals surface area (Å²) in [4.78, 5) is 0. The van der Waals surface area contributed by atoms with Gasteiger partial charge in [0.05, 0.1) is 0 Å². The molecule has 33 heavy (non-hydrogen) atoms. The Morgan fingerprint density at radius 2 is 1.00 bits per heavy atom. The van der Waals surface area contributed by atoms with Crippen LogP contribution in [-0.4, -0.2) is 0 Å². The van der Waals surface area contributed by atoms with Gasteiger partial charge in [0, 0.05) is 35.1 Å². The SMILES string of the molecule is Cc1ccc(-c2oc(-c3ccc(C)cc3)c3c2CC2=C(C3)c3cccc4cccc2c34)cc1. The highest BCUT2D eigenvalue weighted by Crippen LogP contribution is 2.51. The predicted octanol–water partition coefficient (Wildman–Crippen LogP) is 8.41. The molecule has 0 fully saturated rings. The highest BCUT2D eigenvalue weighted by Gasteiger charge is 2.33. The number of furan rings is 1. The average molecular weight is 425 g/mol. The standard InChI is InChI=1S/C32H24O/c1-19-9-13-22(14-10-19)31-28-17-26-24-7-3-5-21-6-4-8-25(30(21)24)27(26)18-29(28)32(33-31)23-15-11-20(2)12-16-23/h3-16H,17-18H2,1-2H3. The summed E-state index contributed by atoms with van der Waals surface area (Å²) in [5.74, 6) is 2.05. The van der Waals surface area contributed by atoms with Crippen LogP contribution in [0.1, 0.15) is 33.4 Å². The van der Waals surface area contributed by atoms with Crippen molar-refractivity contribution in [2.75, 3.05) is 0 Å². The van der Waals surface area contributed by atoms with Crippen LogP contribution in [0.25, 0.3) is 44.6 Å². The summed E-state index contributed by atoms with van der Waals surface area (Å²) in [6.07, 6.45) is 1.83. The van der Waals surface area contributed by atoms with E-state index in [1.165, 1.54) is 55.3 Å². The Morgan fingerprint density at radius 1 is 0.545 bits per heavy atom. The average Bonchev–Trinajstić information content (AvgIpc) is 3.37. The van der Waals surface area contributed by atoms with Crippen LogP contribution in [0.15, 0.2) is 89.3 Å². The predicted molar refractivity (Wildman–Crippen MR) is 137 cm³/mol. The minimum Gasteiger partial charge on any atom is -0.455 e. The lowest BCUT2D eigenvalue weighted by molar-refractivity contribution is 0.593. The summed E-state index contributed by atoms with van der Waals surface area (Å²) in [6.45, 7) is 4.26. The topological polar surface area (TPSA) is 13.1 Å². The van der Waals surface area contributed by atoms with Crippen LogP contribution in [0, 0.1) is 13.8 Å². The summed E-state index contributed by atoms with van der Waals surface area (Å²) in [5.41, 5.74) is 13.3. The van der Waals surface area contributed by atoms with Crippen LogP contribution in [0.3, 0.4) is 0 Å². The first-order valence-electron chi connectivity index (χ1n) is 11.7. The summed E-state index contributed by atoms with van der Waals surface area (Å²) in [6, 6.07) is 30.9. The Kier molecular flexibility index (Phi) is 3.87. The quantitative estimate of drug-likeness (QED) is 0.277. The molecule has 0 spiro atoms. The van der Waals surface area contributed by atoms with Gasteiger partial charge in [-0.3, -0.25) is 0 Å². The van der Waals surface area contributed by atoms with E-state index in [9.17, 15) is 0 Å². The Hall–Kier alpha value is -3.84. The summed E-state index contributed by atoms with van der Waals surface area (Å²) in [5, 5.41) is 2.75. The van der Waals surface area contributed by atoms with Gasteiger partial charge in [-0.25, -0.2) is 0 Å². The van der Waals surface area contributed by atoms with Gasteiger partial charge >= 0.3 is 0 Å². The van der Waals surface area contributed by atoms with Gasteiger partial charge in [0.15, 0.2) is 0 Å². The molecule has 0 saturated heterocycles. The number of rotatable bonds is 2. The molecule has 0 saturated carbocycles. The third-order valence-electron chi connectivity index (χ3n) is 7.37. The molecule has 0 N–H and O–H groups in total. The summed E-state index contributed by atoms with van der Waals surface area (Å²) < 4.78 is 6.72. The zero-order chi connectivity index (χ0) is 22.1. The Morgan fingerprint density at radius 3 is 1.45 bits per heavy atom. The molecule has 1 nitrogen and oxygen atoms in total. The largest absolute Gasteiger partial charge is 0.455 e. The minimum atomic E-state index is 0.914. The summed E-state index contributed by atoms with van der Waals surface area (Å²) in [7, 11) is 0. The molecule has 1 heterocycles. The lowest BCUT2D eigenvalue weighted by Crippen LogP contribution is -2.04. The van der Waals surface area contributed by atoms with E-state index in [0.29, 0.717) is 0 Å². The molecule has 0 radical (unpaired) electrons. The first-order chi connectivity index (χ1) is 16.2. The second kappa shape index (κ2) is 6.83. The van der Waals surface area contributed by atoms with E-state index in [1.807, 2.05) is 0 Å². The van der Waals surface area contributed by atoms with Crippen molar-refractivity contribution in [3.63, 3.8) is 0 Å². The first kappa shape index (κ1) is 18.7. The number of hydrogen-bond donors (Lipinski definition) is 0. The first-order valence-corrected chi connectivity index (χ1v) is 11.7. The lowest BCUT2D eigenvalue weighted by atomic mass is 9.83. The Balaban J connectivity index is 1.46. The molecule has 0 atom stereocenters. The molecular formula is C32H24O. The fraction of sp³-hybridized carbons (Fsp3) is 0.125. The molecule has 0 bridgehead atoms. The molecule has 0 aliphatic heterocycles. The van der Waals surface area contributed by atoms with Crippen molar-refractivity contribution in [1.29, 1.82) is 0 Å². The molecule has 0 amide bonds. The van der Waals surface area contributed by atoms with Gasteiger partial charge in [0.2, 0.25) is 0 Å². The van der Waals surface area contributed by atoms with Crippen LogP contribution in [-0.2, 0) is 12.8 Å². The van der Waals surface area contributed by atoms with Crippen molar-refractivity contribution in [2.24, 2.45) is 0 Å². The molecule has 5 aromatic rings. The summed E-state index contributed by atoms with van der Waals surface area (Å²) >= 11 is 0. The van der Waals surface area contributed by atoms with Gasteiger partial charge in [-0.1, -0.05) is 96.1 Å². The van der Waals surface area contributed by atoms with Crippen LogP contribution in [0.2, 0.25) is 0 Å². The zero-order valence-corrected chi connectivity index (χ0v) is 18.9. The third kappa shape index (κ3) is 2.72. The Labute approximate surface area is 194 Å². The van der Waals surface area contributed by atoms with Gasteiger partial charge in [-0.2, -0.15) is 0 Å². The van der Waals surface area contributed by atoms with Gasteiger partial charge < -0.3 is 4.42 Å². The number of hydrogen-bond acceptors (Lipinski definition) is 1. The number of fused-ring (bicyclic) bond motifs is 3. The van der Waals surface area contributed by atoms with E-state index in [1.54, 1.807) is 0 Å². The fourth-order valence-corrected chi connectivity index (χ4v) is 5.68. The van der Waals surface area contributed by atoms with Crippen molar-refractivity contribution < 1.29 is 4.42 Å². The second-order valence-corrected chi connectivity index (χ2v) is 9.47. The smallest absolute Gasteiger partial charge is 0.138 e. The molecule has 7 rings (SSSR count). The maximum absolute atomic E-state index is 6.72.